The molecule has 0 spiro atoms. The van der Waals surface area contributed by atoms with Gasteiger partial charge in [-0.25, -0.2) is 0 Å². The fourth-order valence-corrected chi connectivity index (χ4v) is 3.38. The van der Waals surface area contributed by atoms with Crippen LogP contribution in [0.1, 0.15) is 24.0 Å². The summed E-state index contributed by atoms with van der Waals surface area (Å²) < 4.78 is 0. The van der Waals surface area contributed by atoms with Gasteiger partial charge in [0.15, 0.2) is 0 Å². The maximum atomic E-state index is 12.5. The molecule has 2 aliphatic heterocycles. The second kappa shape index (κ2) is 7.95. The first-order valence-corrected chi connectivity index (χ1v) is 8.03. The van der Waals surface area contributed by atoms with Gasteiger partial charge < -0.3 is 10.6 Å². The minimum Gasteiger partial charge on any atom is -0.337 e. The number of nitrogens with two attached hydrogens (primary N) is 1. The van der Waals surface area contributed by atoms with Crippen molar-refractivity contribution in [1.29, 1.82) is 0 Å². The molecule has 0 saturated carbocycles. The predicted molar refractivity (Wildman–Crippen MR) is 91.0 cm³/mol. The number of fused-ring (bicyclic) bond motifs is 1. The predicted octanol–water partition coefficient (Wildman–Crippen LogP) is 1.66. The number of benzene rings is 1. The summed E-state index contributed by atoms with van der Waals surface area (Å²) >= 11 is 0. The average molecular weight is 324 g/mol. The first kappa shape index (κ1) is 17.3. The fourth-order valence-electron chi connectivity index (χ4n) is 3.38. The van der Waals surface area contributed by atoms with Crippen LogP contribution in [0.5, 0.6) is 0 Å². The second-order valence-corrected chi connectivity index (χ2v) is 6.29. The Hall–Kier alpha value is -1.10. The molecule has 1 aromatic rings. The van der Waals surface area contributed by atoms with Crippen LogP contribution >= 0.6 is 12.4 Å². The van der Waals surface area contributed by atoms with Crippen LogP contribution < -0.4 is 5.73 Å². The summed E-state index contributed by atoms with van der Waals surface area (Å²) in [6, 6.07) is 8.46. The fraction of sp³-hybridized carbons (Fsp3) is 0.588. The third kappa shape index (κ3) is 4.00. The second-order valence-electron chi connectivity index (χ2n) is 6.29. The summed E-state index contributed by atoms with van der Waals surface area (Å²) in [6.07, 6.45) is 3.25. The highest BCUT2D eigenvalue weighted by molar-refractivity contribution is 5.85. The van der Waals surface area contributed by atoms with Crippen molar-refractivity contribution in [3.8, 4) is 0 Å². The average Bonchev–Trinajstić information content (AvgIpc) is 2.55. The summed E-state index contributed by atoms with van der Waals surface area (Å²) in [7, 11) is 0. The molecule has 0 aromatic heterocycles. The Morgan fingerprint density at radius 2 is 1.82 bits per heavy atom. The summed E-state index contributed by atoms with van der Waals surface area (Å²) in [6.45, 7) is 5.00. The molecular weight excluding hydrogens is 298 g/mol. The number of hydrogen-bond acceptors (Lipinski definition) is 3. The van der Waals surface area contributed by atoms with E-state index in [-0.39, 0.29) is 18.3 Å². The van der Waals surface area contributed by atoms with E-state index in [1.54, 1.807) is 0 Å². The lowest BCUT2D eigenvalue weighted by Crippen LogP contribution is -2.45. The molecule has 2 aliphatic rings. The molecule has 1 saturated heterocycles. The van der Waals surface area contributed by atoms with Gasteiger partial charge in [-0.2, -0.15) is 0 Å². The monoisotopic (exact) mass is 323 g/mol. The van der Waals surface area contributed by atoms with Gasteiger partial charge >= 0.3 is 0 Å². The van der Waals surface area contributed by atoms with Crippen LogP contribution in [0.15, 0.2) is 24.3 Å². The minimum absolute atomic E-state index is 0. The third-order valence-corrected chi connectivity index (χ3v) is 4.88. The molecule has 4 nitrogen and oxygen atoms in total. The molecule has 0 unspecified atom stereocenters. The van der Waals surface area contributed by atoms with Crippen LogP contribution in [-0.2, 0) is 17.8 Å². The van der Waals surface area contributed by atoms with Gasteiger partial charge in [-0.3, -0.25) is 9.69 Å². The van der Waals surface area contributed by atoms with Gasteiger partial charge in [-0.05, 0) is 55.9 Å². The Kier molecular flexibility index (Phi) is 6.24. The molecule has 0 aliphatic carbocycles. The number of carbonyl (C=O) groups excluding carboxylic acids is 1. The van der Waals surface area contributed by atoms with Gasteiger partial charge in [-0.15, -0.1) is 12.4 Å². The number of piperidine rings is 1. The Morgan fingerprint density at radius 1 is 1.14 bits per heavy atom. The van der Waals surface area contributed by atoms with Gasteiger partial charge in [0, 0.05) is 13.1 Å². The Morgan fingerprint density at radius 3 is 2.50 bits per heavy atom. The molecule has 0 atom stereocenters. The maximum absolute atomic E-state index is 12.5. The zero-order valence-electron chi connectivity index (χ0n) is 13.0. The van der Waals surface area contributed by atoms with E-state index in [2.05, 4.69) is 29.2 Å². The van der Waals surface area contributed by atoms with Crippen molar-refractivity contribution in [2.24, 2.45) is 11.7 Å². The van der Waals surface area contributed by atoms with E-state index in [0.717, 1.165) is 52.0 Å². The van der Waals surface area contributed by atoms with Crippen molar-refractivity contribution in [2.45, 2.75) is 25.8 Å². The number of nitrogens with zero attached hydrogens (tertiary/aromatic N) is 2. The van der Waals surface area contributed by atoms with Crippen molar-refractivity contribution >= 4 is 18.3 Å². The maximum Gasteiger partial charge on any atom is 0.237 e. The molecule has 0 radical (unpaired) electrons. The molecule has 2 N–H and O–H groups in total. The number of hydrogen-bond donors (Lipinski definition) is 1. The van der Waals surface area contributed by atoms with Crippen molar-refractivity contribution in [3.05, 3.63) is 35.4 Å². The van der Waals surface area contributed by atoms with Crippen LogP contribution in [0.3, 0.4) is 0 Å². The van der Waals surface area contributed by atoms with Crippen LogP contribution in [0, 0.1) is 5.92 Å². The molecule has 1 fully saturated rings. The standard InChI is InChI=1S/C17H25N3O.ClH/c18-11-14-5-8-19(9-6-14)13-17(21)20-10-7-15-3-1-2-4-16(15)12-20;/h1-4,14H,5-13,18H2;1H. The first-order valence-electron chi connectivity index (χ1n) is 8.03. The third-order valence-electron chi connectivity index (χ3n) is 4.88. The number of halogens is 1. The Labute approximate surface area is 139 Å². The van der Waals surface area contributed by atoms with Gasteiger partial charge in [-0.1, -0.05) is 24.3 Å². The molecule has 0 bridgehead atoms. The highest BCUT2D eigenvalue weighted by Crippen LogP contribution is 2.20. The zero-order valence-corrected chi connectivity index (χ0v) is 13.9. The van der Waals surface area contributed by atoms with Gasteiger partial charge in [0.1, 0.15) is 0 Å². The highest BCUT2D eigenvalue weighted by Gasteiger charge is 2.24. The molecule has 1 amide bonds. The lowest BCUT2D eigenvalue weighted by Gasteiger charge is -2.34. The van der Waals surface area contributed by atoms with Crippen LogP contribution in [0.4, 0.5) is 0 Å². The first-order chi connectivity index (χ1) is 10.3. The van der Waals surface area contributed by atoms with E-state index in [1.165, 1.54) is 11.1 Å². The summed E-state index contributed by atoms with van der Waals surface area (Å²) in [4.78, 5) is 16.8. The molecule has 1 aromatic carbocycles. The summed E-state index contributed by atoms with van der Waals surface area (Å²) in [5.74, 6) is 0.925. The molecule has 22 heavy (non-hydrogen) atoms. The molecule has 2 heterocycles. The van der Waals surface area contributed by atoms with Crippen molar-refractivity contribution < 1.29 is 4.79 Å². The van der Waals surface area contributed by atoms with E-state index in [9.17, 15) is 4.79 Å². The van der Waals surface area contributed by atoms with Crippen molar-refractivity contribution in [1.82, 2.24) is 9.80 Å². The topological polar surface area (TPSA) is 49.6 Å². The quantitative estimate of drug-likeness (QED) is 0.920. The van der Waals surface area contributed by atoms with Gasteiger partial charge in [0.2, 0.25) is 5.91 Å². The molecule has 5 heteroatoms. The normalized spacial score (nSPS) is 19.4. The van der Waals surface area contributed by atoms with Crippen molar-refractivity contribution in [3.63, 3.8) is 0 Å². The van der Waals surface area contributed by atoms with E-state index in [4.69, 9.17) is 5.73 Å². The van der Waals surface area contributed by atoms with Gasteiger partial charge in [0.05, 0.1) is 6.54 Å². The number of carbonyl (C=O) groups is 1. The van der Waals surface area contributed by atoms with E-state index >= 15 is 0 Å². The smallest absolute Gasteiger partial charge is 0.237 e. The van der Waals surface area contributed by atoms with Crippen LogP contribution in [0.2, 0.25) is 0 Å². The van der Waals surface area contributed by atoms with Crippen LogP contribution in [-0.4, -0.2) is 48.4 Å². The molecular formula is C17H26ClN3O. The Balaban J connectivity index is 0.00000176. The summed E-state index contributed by atoms with van der Waals surface area (Å²) in [5, 5.41) is 0. The van der Waals surface area contributed by atoms with E-state index < -0.39 is 0 Å². The highest BCUT2D eigenvalue weighted by atomic mass is 35.5. The van der Waals surface area contributed by atoms with Crippen molar-refractivity contribution in [2.75, 3.05) is 32.7 Å². The SMILES string of the molecule is Cl.NCC1CCN(CC(=O)N2CCc3ccccc3C2)CC1. The number of rotatable bonds is 3. The largest absolute Gasteiger partial charge is 0.337 e. The van der Waals surface area contributed by atoms with Gasteiger partial charge in [0.25, 0.3) is 0 Å². The van der Waals surface area contributed by atoms with E-state index in [0.29, 0.717) is 12.5 Å². The van der Waals surface area contributed by atoms with Crippen LogP contribution in [0.25, 0.3) is 0 Å². The number of likely N-dealkylation sites (tertiary alicyclic amines) is 1. The lowest BCUT2D eigenvalue weighted by atomic mass is 9.97. The Bertz CT molecular complexity index is 500. The van der Waals surface area contributed by atoms with E-state index in [1.807, 2.05) is 4.90 Å². The lowest BCUT2D eigenvalue weighted by molar-refractivity contribution is -0.133. The number of amides is 1. The molecule has 3 rings (SSSR count). The zero-order chi connectivity index (χ0) is 14.7. The minimum atomic E-state index is 0. The summed E-state index contributed by atoms with van der Waals surface area (Å²) in [5.41, 5.74) is 8.42. The molecule has 122 valence electrons.